The van der Waals surface area contributed by atoms with Crippen LogP contribution in [0, 0.1) is 5.92 Å². The molecule has 1 atom stereocenters. The van der Waals surface area contributed by atoms with Crippen LogP contribution in [0.4, 0.5) is 0 Å². The van der Waals surface area contributed by atoms with Crippen LogP contribution in [0.15, 0.2) is 30.3 Å². The molecule has 21 heavy (non-hydrogen) atoms. The Bertz CT molecular complexity index is 443. The van der Waals surface area contributed by atoms with E-state index in [2.05, 4.69) is 23.9 Å². The minimum absolute atomic E-state index is 0.0308. The molecule has 0 aromatic heterocycles. The third-order valence-electron chi connectivity index (χ3n) is 3.35. The van der Waals surface area contributed by atoms with Crippen molar-refractivity contribution in [3.63, 3.8) is 0 Å². The number of nitrogens with one attached hydrogen (secondary N) is 1. The van der Waals surface area contributed by atoms with E-state index in [-0.39, 0.29) is 24.2 Å². The standard InChI is InChI=1S/C17H25NO3/c1-13(2)11-12-18-15(9-10-16(19)21-3)17(20)14-7-5-4-6-8-14/h4-8,13,15,18H,9-12H2,1-3H3. The van der Waals surface area contributed by atoms with Gasteiger partial charge in [0.25, 0.3) is 0 Å². The van der Waals surface area contributed by atoms with E-state index in [1.165, 1.54) is 7.11 Å². The number of hydrogen-bond donors (Lipinski definition) is 1. The first-order valence-electron chi connectivity index (χ1n) is 7.44. The molecule has 116 valence electrons. The maximum Gasteiger partial charge on any atom is 0.305 e. The zero-order valence-corrected chi connectivity index (χ0v) is 13.1. The number of rotatable bonds is 9. The van der Waals surface area contributed by atoms with Crippen molar-refractivity contribution in [1.29, 1.82) is 0 Å². The highest BCUT2D eigenvalue weighted by Crippen LogP contribution is 2.09. The lowest BCUT2D eigenvalue weighted by molar-refractivity contribution is -0.140. The highest BCUT2D eigenvalue weighted by molar-refractivity contribution is 6.00. The van der Waals surface area contributed by atoms with Crippen LogP contribution in [0.1, 0.15) is 43.5 Å². The van der Waals surface area contributed by atoms with Crippen LogP contribution in [-0.4, -0.2) is 31.4 Å². The van der Waals surface area contributed by atoms with Gasteiger partial charge in [0.05, 0.1) is 13.2 Å². The highest BCUT2D eigenvalue weighted by atomic mass is 16.5. The summed E-state index contributed by atoms with van der Waals surface area (Å²) in [7, 11) is 1.36. The molecule has 1 N–H and O–H groups in total. The van der Waals surface area contributed by atoms with Crippen LogP contribution in [0.3, 0.4) is 0 Å². The number of ketones is 1. The van der Waals surface area contributed by atoms with Gasteiger partial charge in [-0.25, -0.2) is 0 Å². The summed E-state index contributed by atoms with van der Waals surface area (Å²) in [5, 5.41) is 3.27. The Morgan fingerprint density at radius 3 is 2.38 bits per heavy atom. The van der Waals surface area contributed by atoms with Gasteiger partial charge in [0, 0.05) is 12.0 Å². The van der Waals surface area contributed by atoms with Gasteiger partial charge >= 0.3 is 5.97 Å². The van der Waals surface area contributed by atoms with Crippen LogP contribution in [0.25, 0.3) is 0 Å². The second kappa shape index (κ2) is 9.29. The minimum atomic E-state index is -0.342. The predicted molar refractivity (Wildman–Crippen MR) is 83.3 cm³/mol. The van der Waals surface area contributed by atoms with Crippen LogP contribution < -0.4 is 5.32 Å². The average Bonchev–Trinajstić information content (AvgIpc) is 2.50. The Hall–Kier alpha value is -1.68. The molecule has 0 heterocycles. The van der Waals surface area contributed by atoms with Gasteiger partial charge in [0.15, 0.2) is 5.78 Å². The lowest BCUT2D eigenvalue weighted by Gasteiger charge is -2.18. The molecule has 1 aromatic carbocycles. The minimum Gasteiger partial charge on any atom is -0.469 e. The molecule has 0 saturated carbocycles. The zero-order valence-electron chi connectivity index (χ0n) is 13.1. The van der Waals surface area contributed by atoms with Crippen LogP contribution in [0.5, 0.6) is 0 Å². The second-order valence-electron chi connectivity index (χ2n) is 5.53. The van der Waals surface area contributed by atoms with Crippen molar-refractivity contribution >= 4 is 11.8 Å². The van der Waals surface area contributed by atoms with Crippen molar-refractivity contribution in [3.05, 3.63) is 35.9 Å². The van der Waals surface area contributed by atoms with E-state index in [1.54, 1.807) is 12.1 Å². The number of Topliss-reactive ketones (excluding diaryl/α,β-unsaturated/α-hetero) is 1. The summed E-state index contributed by atoms with van der Waals surface area (Å²) in [5.41, 5.74) is 0.671. The number of carbonyl (C=O) groups is 2. The Kier molecular flexibility index (Phi) is 7.69. The van der Waals surface area contributed by atoms with Crippen molar-refractivity contribution in [2.75, 3.05) is 13.7 Å². The van der Waals surface area contributed by atoms with Gasteiger partial charge in [-0.1, -0.05) is 44.2 Å². The summed E-state index contributed by atoms with van der Waals surface area (Å²) < 4.78 is 4.65. The van der Waals surface area contributed by atoms with Gasteiger partial charge in [0.2, 0.25) is 0 Å². The van der Waals surface area contributed by atoms with Crippen LogP contribution in [-0.2, 0) is 9.53 Å². The molecule has 0 fully saturated rings. The molecule has 0 aliphatic heterocycles. The average molecular weight is 291 g/mol. The third kappa shape index (κ3) is 6.54. The topological polar surface area (TPSA) is 55.4 Å². The molecule has 0 amide bonds. The molecule has 0 saturated heterocycles. The summed E-state index contributed by atoms with van der Waals surface area (Å²) >= 11 is 0. The van der Waals surface area contributed by atoms with Crippen LogP contribution in [0.2, 0.25) is 0 Å². The predicted octanol–water partition coefficient (Wildman–Crippen LogP) is 2.83. The number of ether oxygens (including phenoxy) is 1. The summed E-state index contributed by atoms with van der Waals surface area (Å²) in [6.07, 6.45) is 1.70. The van der Waals surface area contributed by atoms with E-state index in [4.69, 9.17) is 0 Å². The zero-order chi connectivity index (χ0) is 15.7. The van der Waals surface area contributed by atoms with Gasteiger partial charge in [0.1, 0.15) is 0 Å². The Labute approximate surface area is 126 Å². The van der Waals surface area contributed by atoms with E-state index in [1.807, 2.05) is 18.2 Å². The fourth-order valence-electron chi connectivity index (χ4n) is 2.04. The maximum atomic E-state index is 12.5. The van der Waals surface area contributed by atoms with E-state index < -0.39 is 0 Å². The molecule has 0 aliphatic rings. The lowest BCUT2D eigenvalue weighted by Crippen LogP contribution is -2.38. The monoisotopic (exact) mass is 291 g/mol. The summed E-state index contributed by atoms with van der Waals surface area (Å²) in [6, 6.07) is 8.84. The fraction of sp³-hybridized carbons (Fsp3) is 0.529. The van der Waals surface area contributed by atoms with E-state index in [0.717, 1.165) is 13.0 Å². The first kappa shape index (κ1) is 17.4. The number of esters is 1. The largest absolute Gasteiger partial charge is 0.469 e. The van der Waals surface area contributed by atoms with Crippen LogP contribution >= 0.6 is 0 Å². The molecule has 0 aliphatic carbocycles. The van der Waals surface area contributed by atoms with E-state index in [0.29, 0.717) is 17.9 Å². The molecule has 0 bridgehead atoms. The third-order valence-corrected chi connectivity index (χ3v) is 3.35. The second-order valence-corrected chi connectivity index (χ2v) is 5.53. The van der Waals surface area contributed by atoms with Gasteiger partial charge in [-0.2, -0.15) is 0 Å². The number of hydrogen-bond acceptors (Lipinski definition) is 4. The van der Waals surface area contributed by atoms with Gasteiger partial charge in [-0.15, -0.1) is 0 Å². The molecule has 1 aromatic rings. The van der Waals surface area contributed by atoms with Gasteiger partial charge in [-0.3, -0.25) is 9.59 Å². The van der Waals surface area contributed by atoms with Gasteiger partial charge < -0.3 is 10.1 Å². The molecular formula is C17H25NO3. The van der Waals surface area contributed by atoms with Crippen molar-refractivity contribution in [3.8, 4) is 0 Å². The SMILES string of the molecule is COC(=O)CCC(NCCC(C)C)C(=O)c1ccccc1. The Morgan fingerprint density at radius 2 is 1.81 bits per heavy atom. The smallest absolute Gasteiger partial charge is 0.305 e. The highest BCUT2D eigenvalue weighted by Gasteiger charge is 2.20. The normalized spacial score (nSPS) is 12.2. The first-order chi connectivity index (χ1) is 10.0. The fourth-order valence-corrected chi connectivity index (χ4v) is 2.04. The molecule has 0 radical (unpaired) electrons. The Morgan fingerprint density at radius 1 is 1.14 bits per heavy atom. The lowest BCUT2D eigenvalue weighted by atomic mass is 9.99. The maximum absolute atomic E-state index is 12.5. The van der Waals surface area contributed by atoms with E-state index >= 15 is 0 Å². The number of methoxy groups -OCH3 is 1. The summed E-state index contributed by atoms with van der Waals surface area (Å²) in [6.45, 7) is 5.05. The van der Waals surface area contributed by atoms with Crippen molar-refractivity contribution in [1.82, 2.24) is 5.32 Å². The Balaban J connectivity index is 2.65. The van der Waals surface area contributed by atoms with Gasteiger partial charge in [-0.05, 0) is 25.3 Å². The van der Waals surface area contributed by atoms with E-state index in [9.17, 15) is 9.59 Å². The van der Waals surface area contributed by atoms with Crippen molar-refractivity contribution < 1.29 is 14.3 Å². The summed E-state index contributed by atoms with van der Waals surface area (Å²) in [5.74, 6) is 0.320. The molecule has 1 rings (SSSR count). The summed E-state index contributed by atoms with van der Waals surface area (Å²) in [4.78, 5) is 23.8. The molecule has 4 nitrogen and oxygen atoms in total. The first-order valence-corrected chi connectivity index (χ1v) is 7.44. The number of benzene rings is 1. The quantitative estimate of drug-likeness (QED) is 0.561. The molecule has 1 unspecified atom stereocenters. The van der Waals surface area contributed by atoms with Crippen molar-refractivity contribution in [2.24, 2.45) is 5.92 Å². The van der Waals surface area contributed by atoms with Crippen molar-refractivity contribution in [2.45, 2.75) is 39.2 Å². The number of carbonyl (C=O) groups excluding carboxylic acids is 2. The molecule has 0 spiro atoms. The molecular weight excluding hydrogens is 266 g/mol. The molecule has 4 heteroatoms.